The van der Waals surface area contributed by atoms with E-state index in [2.05, 4.69) is 34.2 Å². The van der Waals surface area contributed by atoms with Crippen LogP contribution in [0.2, 0.25) is 0 Å². The van der Waals surface area contributed by atoms with Gasteiger partial charge in [-0.1, -0.05) is 97.2 Å². The summed E-state index contributed by atoms with van der Waals surface area (Å²) >= 11 is 10.9. The molecule has 36 heavy (non-hydrogen) atoms. The zero-order valence-electron chi connectivity index (χ0n) is 19.2. The van der Waals surface area contributed by atoms with Crippen LogP contribution in [0.5, 0.6) is 5.75 Å². The van der Waals surface area contributed by atoms with Gasteiger partial charge in [0.05, 0.1) is 11.0 Å². The second-order valence-corrected chi connectivity index (χ2v) is 9.31. The van der Waals surface area contributed by atoms with E-state index in [4.69, 9.17) is 24.4 Å². The molecule has 4 aromatic carbocycles. The third kappa shape index (κ3) is 4.19. The van der Waals surface area contributed by atoms with E-state index in [1.165, 1.54) is 0 Å². The average molecular weight is 516 g/mol. The molecule has 6 rings (SSSR count). The molecule has 0 atom stereocenters. The Balaban J connectivity index is 0.00000267. The summed E-state index contributed by atoms with van der Waals surface area (Å²) in [6.07, 6.45) is 0. The molecular weight excluding hydrogens is 495 g/mol. The molecule has 168 valence electrons. The number of fused-ring (bicyclic) bond motifs is 2. The van der Waals surface area contributed by atoms with Crippen molar-refractivity contribution in [1.82, 2.24) is 9.97 Å². The maximum atomic E-state index is 11.4. The van der Waals surface area contributed by atoms with Crippen LogP contribution >= 0.6 is 24.4 Å². The number of aromatic amines is 2. The fourth-order valence-corrected chi connectivity index (χ4v) is 5.12. The smallest absolute Gasteiger partial charge is 0.507 e. The maximum Gasteiger partial charge on any atom is 3.00 e. The zero-order valence-corrected chi connectivity index (χ0v) is 21.9. The van der Waals surface area contributed by atoms with Crippen LogP contribution in [0.25, 0.3) is 55.2 Å². The molecule has 0 bridgehead atoms. The van der Waals surface area contributed by atoms with Gasteiger partial charge in [-0.25, -0.2) is 0 Å². The van der Waals surface area contributed by atoms with Crippen LogP contribution in [0.1, 0.15) is 0 Å². The van der Waals surface area contributed by atoms with E-state index >= 15 is 0 Å². The van der Waals surface area contributed by atoms with Crippen LogP contribution < -0.4 is 0 Å². The first kappa shape index (κ1) is 24.2. The van der Waals surface area contributed by atoms with E-state index in [1.54, 1.807) is 6.07 Å². The number of benzene rings is 4. The molecule has 3 nitrogen and oxygen atoms in total. The van der Waals surface area contributed by atoms with E-state index < -0.39 is 0 Å². The number of para-hydroxylation sites is 2. The van der Waals surface area contributed by atoms with Gasteiger partial charge in [-0.15, -0.1) is 0 Å². The zero-order chi connectivity index (χ0) is 23.9. The van der Waals surface area contributed by atoms with Crippen LogP contribution in [-0.4, -0.2) is 32.4 Å². The maximum absolute atomic E-state index is 11.4. The number of pyridine rings is 2. The molecule has 6 aromatic rings. The second-order valence-electron chi connectivity index (χ2n) is 8.43. The van der Waals surface area contributed by atoms with Crippen molar-refractivity contribution < 1.29 is 5.11 Å². The topological polar surface area (TPSA) is 51.8 Å². The number of nitrogens with one attached hydrogen (secondary N) is 2. The van der Waals surface area contributed by atoms with Crippen LogP contribution in [0, 0.1) is 9.28 Å². The quantitative estimate of drug-likeness (QED) is 0.164. The van der Waals surface area contributed by atoms with Crippen molar-refractivity contribution in [2.45, 2.75) is 0 Å². The molecule has 0 amide bonds. The van der Waals surface area contributed by atoms with Crippen molar-refractivity contribution in [1.29, 1.82) is 0 Å². The molecule has 0 saturated carbocycles. The average Bonchev–Trinajstić information content (AvgIpc) is 2.88. The molecular formula is C30H20AlN2OS2+3. The third-order valence-electron chi connectivity index (χ3n) is 6.33. The first-order chi connectivity index (χ1) is 17.1. The molecule has 2 aromatic heterocycles. The molecule has 0 aliphatic heterocycles. The number of hydrogen-bond donors (Lipinski definition) is 3. The minimum Gasteiger partial charge on any atom is -0.507 e. The predicted octanol–water partition coefficient (Wildman–Crippen LogP) is 8.43. The van der Waals surface area contributed by atoms with Gasteiger partial charge in [-0.05, 0) is 52.2 Å². The molecule has 0 fully saturated rings. The van der Waals surface area contributed by atoms with Gasteiger partial charge in [0.15, 0.2) is 0 Å². The molecule has 0 aliphatic rings. The fraction of sp³-hybridized carbons (Fsp3) is 0. The summed E-state index contributed by atoms with van der Waals surface area (Å²) in [6.45, 7) is 0. The monoisotopic (exact) mass is 515 g/mol. The third-order valence-corrected chi connectivity index (χ3v) is 6.80. The van der Waals surface area contributed by atoms with Crippen molar-refractivity contribution in [3.8, 4) is 39.1 Å². The number of hydrogen-bond acceptors (Lipinski definition) is 3. The minimum absolute atomic E-state index is 0. The Kier molecular flexibility index (Phi) is 6.62. The minimum atomic E-state index is 0. The first-order valence-electron chi connectivity index (χ1n) is 11.3. The summed E-state index contributed by atoms with van der Waals surface area (Å²) in [5, 5.41) is 13.4. The van der Waals surface area contributed by atoms with Gasteiger partial charge < -0.3 is 15.1 Å². The first-order valence-corrected chi connectivity index (χ1v) is 12.1. The molecule has 0 aliphatic carbocycles. The van der Waals surface area contributed by atoms with Crippen molar-refractivity contribution in [3.63, 3.8) is 0 Å². The molecule has 3 N–H and O–H groups in total. The Morgan fingerprint density at radius 2 is 1.06 bits per heavy atom. The second kappa shape index (κ2) is 9.85. The summed E-state index contributed by atoms with van der Waals surface area (Å²) in [7, 11) is 0. The Hall–Kier alpha value is -3.53. The van der Waals surface area contributed by atoms with Gasteiger partial charge in [0.25, 0.3) is 0 Å². The number of aromatic nitrogens is 2. The van der Waals surface area contributed by atoms with Crippen molar-refractivity contribution in [3.05, 3.63) is 112 Å². The molecule has 6 heteroatoms. The Labute approximate surface area is 229 Å². The summed E-state index contributed by atoms with van der Waals surface area (Å²) in [4.78, 5) is 6.74. The predicted molar refractivity (Wildman–Crippen MR) is 156 cm³/mol. The van der Waals surface area contributed by atoms with Gasteiger partial charge >= 0.3 is 17.4 Å². The number of rotatable bonds is 3. The van der Waals surface area contributed by atoms with Crippen molar-refractivity contribution in [2.24, 2.45) is 0 Å². The summed E-state index contributed by atoms with van der Waals surface area (Å²) in [5.41, 5.74) is 7.39. The van der Waals surface area contributed by atoms with E-state index in [0.29, 0.717) is 9.28 Å². The van der Waals surface area contributed by atoms with E-state index in [9.17, 15) is 5.11 Å². The van der Waals surface area contributed by atoms with Gasteiger partial charge in [-0.2, -0.15) is 0 Å². The van der Waals surface area contributed by atoms with Gasteiger partial charge in [0.2, 0.25) is 0 Å². The van der Waals surface area contributed by atoms with Gasteiger partial charge in [0.1, 0.15) is 15.0 Å². The number of phenolic OH excluding ortho intramolecular Hbond substituents is 1. The normalized spacial score (nSPS) is 10.9. The molecule has 0 spiro atoms. The van der Waals surface area contributed by atoms with Gasteiger partial charge in [0, 0.05) is 22.3 Å². The van der Waals surface area contributed by atoms with Crippen LogP contribution in [0.3, 0.4) is 0 Å². The number of H-pyrrole nitrogens is 2. The Bertz CT molecular complexity index is 1860. The van der Waals surface area contributed by atoms with Crippen LogP contribution in [0.4, 0.5) is 0 Å². The Morgan fingerprint density at radius 1 is 0.500 bits per heavy atom. The van der Waals surface area contributed by atoms with Crippen LogP contribution in [-0.2, 0) is 0 Å². The molecule has 2 heterocycles. The SMILES string of the molecule is Oc1ccc(-c2ccccc2)c(-c2cccc3ccc(=S)[nH]c23)c1-c1cccc2ccc(=S)[nH]c12.[Al+3]. The van der Waals surface area contributed by atoms with E-state index in [1.807, 2.05) is 72.8 Å². The molecule has 0 radical (unpaired) electrons. The van der Waals surface area contributed by atoms with Gasteiger partial charge in [-0.3, -0.25) is 0 Å². The van der Waals surface area contributed by atoms with E-state index in [-0.39, 0.29) is 23.1 Å². The van der Waals surface area contributed by atoms with Crippen LogP contribution in [0.15, 0.2) is 103 Å². The largest absolute Gasteiger partial charge is 3.00 e. The number of aromatic hydroxyl groups is 1. The molecule has 0 saturated heterocycles. The van der Waals surface area contributed by atoms with Crippen molar-refractivity contribution >= 4 is 63.6 Å². The van der Waals surface area contributed by atoms with Crippen molar-refractivity contribution in [2.75, 3.05) is 0 Å². The summed E-state index contributed by atoms with van der Waals surface area (Å²) in [5.74, 6) is 0.196. The summed E-state index contributed by atoms with van der Waals surface area (Å²) < 4.78 is 1.29. The standard InChI is InChI=1S/C30H20N2OS2.Al/c33-24-15-14-21(18-6-2-1-3-7-18)27(22-10-4-8-19-12-16-25(34)31-29(19)22)28(24)23-11-5-9-20-13-17-26(35)32-30(20)23;/h1-17,33H,(H,31,34)(H,32,35);/q;+3. The summed E-state index contributed by atoms with van der Waals surface area (Å²) in [6, 6.07) is 34.0. The van der Waals surface area contributed by atoms with E-state index in [0.717, 1.165) is 55.2 Å². The Morgan fingerprint density at radius 3 is 1.64 bits per heavy atom. The fourth-order valence-electron chi connectivity index (χ4n) is 4.78. The number of phenols is 1. The molecule has 0 unspecified atom stereocenters.